The van der Waals surface area contributed by atoms with E-state index in [0.29, 0.717) is 29.4 Å². The molecule has 1 aliphatic carbocycles. The molecule has 1 N–H and O–H groups in total. The van der Waals surface area contributed by atoms with Crippen molar-refractivity contribution in [3.8, 4) is 0 Å². The summed E-state index contributed by atoms with van der Waals surface area (Å²) in [5.74, 6) is 0.399. The summed E-state index contributed by atoms with van der Waals surface area (Å²) < 4.78 is 28.3. The van der Waals surface area contributed by atoms with Crippen LogP contribution >= 0.6 is 23.2 Å². The fourth-order valence-corrected chi connectivity index (χ4v) is 4.98. The minimum Gasteiger partial charge on any atom is -0.352 e. The highest BCUT2D eigenvalue weighted by atomic mass is 35.5. The van der Waals surface area contributed by atoms with Crippen molar-refractivity contribution in [3.63, 3.8) is 0 Å². The number of nitrogens with zero attached hydrogens (tertiary/aromatic N) is 2. The molecule has 1 aromatic heterocycles. The minimum absolute atomic E-state index is 0.00841. The number of hydrogen-bond acceptors (Lipinski definition) is 4. The Morgan fingerprint density at radius 2 is 1.78 bits per heavy atom. The number of benzene rings is 2. The molecule has 6 nitrogen and oxygen atoms in total. The first-order chi connectivity index (χ1) is 15.3. The SMILES string of the molecule is O=C(NCC1CC1)c1ccc(N(Cc2ccccn2)S(=O)(=O)c2ccc(Cl)c(Cl)c2)cc1. The molecule has 1 amide bonds. The number of halogens is 2. The number of carbonyl (C=O) groups is 1. The summed E-state index contributed by atoms with van der Waals surface area (Å²) in [6.45, 7) is 0.675. The third-order valence-electron chi connectivity index (χ3n) is 5.18. The summed E-state index contributed by atoms with van der Waals surface area (Å²) >= 11 is 12.0. The van der Waals surface area contributed by atoms with E-state index in [1.807, 2.05) is 0 Å². The smallest absolute Gasteiger partial charge is 0.264 e. The molecule has 0 atom stereocenters. The molecule has 1 heterocycles. The predicted octanol–water partition coefficient (Wildman–Crippen LogP) is 4.92. The average Bonchev–Trinajstić information content (AvgIpc) is 3.63. The zero-order chi connectivity index (χ0) is 22.7. The van der Waals surface area contributed by atoms with Crippen LogP contribution in [0, 0.1) is 5.92 Å². The Morgan fingerprint density at radius 1 is 1.03 bits per heavy atom. The lowest BCUT2D eigenvalue weighted by Gasteiger charge is -2.24. The lowest BCUT2D eigenvalue weighted by molar-refractivity contribution is 0.0952. The van der Waals surface area contributed by atoms with Crippen molar-refractivity contribution in [2.45, 2.75) is 24.3 Å². The molecule has 4 rings (SSSR count). The van der Waals surface area contributed by atoms with Gasteiger partial charge in [0.15, 0.2) is 0 Å². The largest absolute Gasteiger partial charge is 0.352 e. The second-order valence-electron chi connectivity index (χ2n) is 7.61. The van der Waals surface area contributed by atoms with Gasteiger partial charge in [-0.25, -0.2) is 8.42 Å². The second-order valence-corrected chi connectivity index (χ2v) is 10.3. The molecule has 0 spiro atoms. The predicted molar refractivity (Wildman–Crippen MR) is 126 cm³/mol. The molecule has 3 aromatic rings. The van der Waals surface area contributed by atoms with Gasteiger partial charge in [0.1, 0.15) is 0 Å². The Bertz CT molecular complexity index is 1210. The molecule has 2 aromatic carbocycles. The molecule has 0 aliphatic heterocycles. The number of anilines is 1. The first kappa shape index (κ1) is 22.6. The van der Waals surface area contributed by atoms with Crippen molar-refractivity contribution in [1.82, 2.24) is 10.3 Å². The summed E-state index contributed by atoms with van der Waals surface area (Å²) in [4.78, 5) is 16.6. The van der Waals surface area contributed by atoms with Crippen molar-refractivity contribution in [2.24, 2.45) is 5.92 Å². The molecule has 9 heteroatoms. The van der Waals surface area contributed by atoms with Gasteiger partial charge in [0.05, 0.1) is 32.9 Å². The van der Waals surface area contributed by atoms with Gasteiger partial charge in [-0.15, -0.1) is 0 Å². The normalized spacial score (nSPS) is 13.6. The first-order valence-corrected chi connectivity index (χ1v) is 12.3. The number of amides is 1. The highest BCUT2D eigenvalue weighted by Gasteiger charge is 2.27. The van der Waals surface area contributed by atoms with Crippen LogP contribution < -0.4 is 9.62 Å². The summed E-state index contributed by atoms with van der Waals surface area (Å²) in [6, 6.07) is 15.9. The molecule has 1 saturated carbocycles. The van der Waals surface area contributed by atoms with Crippen LogP contribution in [0.5, 0.6) is 0 Å². The standard InChI is InChI=1S/C23H21Cl2N3O3S/c24-21-11-10-20(13-22(21)25)32(30,31)28(15-18-3-1-2-12-26-18)19-8-6-17(7-9-19)23(29)27-14-16-4-5-16/h1-3,6-13,16H,4-5,14-15H2,(H,27,29). The van der Waals surface area contributed by atoms with Crippen molar-refractivity contribution < 1.29 is 13.2 Å². The number of sulfonamides is 1. The number of aromatic nitrogens is 1. The van der Waals surface area contributed by atoms with Gasteiger partial charge in [0.25, 0.3) is 15.9 Å². The zero-order valence-corrected chi connectivity index (χ0v) is 19.4. The van der Waals surface area contributed by atoms with Crippen LogP contribution in [0.2, 0.25) is 10.0 Å². The molecule has 0 saturated heterocycles. The fourth-order valence-electron chi connectivity index (χ4n) is 3.16. The van der Waals surface area contributed by atoms with E-state index in [2.05, 4.69) is 10.3 Å². The van der Waals surface area contributed by atoms with E-state index in [9.17, 15) is 13.2 Å². The van der Waals surface area contributed by atoms with Gasteiger partial charge in [-0.1, -0.05) is 29.3 Å². The Kier molecular flexibility index (Phi) is 6.69. The molecule has 166 valence electrons. The van der Waals surface area contributed by atoms with Crippen LogP contribution in [0.25, 0.3) is 0 Å². The first-order valence-electron chi connectivity index (χ1n) is 10.1. The summed E-state index contributed by atoms with van der Waals surface area (Å²) in [7, 11) is -3.99. The maximum atomic E-state index is 13.5. The zero-order valence-electron chi connectivity index (χ0n) is 17.0. The van der Waals surface area contributed by atoms with Crippen molar-refractivity contribution in [3.05, 3.63) is 88.2 Å². The topological polar surface area (TPSA) is 79.4 Å². The number of carbonyl (C=O) groups excluding carboxylic acids is 1. The number of pyridine rings is 1. The Morgan fingerprint density at radius 3 is 2.41 bits per heavy atom. The van der Waals surface area contributed by atoms with Gasteiger partial charge in [-0.05, 0) is 73.4 Å². The van der Waals surface area contributed by atoms with E-state index in [1.54, 1.807) is 48.7 Å². The van der Waals surface area contributed by atoms with Gasteiger partial charge < -0.3 is 5.32 Å². The van der Waals surface area contributed by atoms with Gasteiger partial charge >= 0.3 is 0 Å². The average molecular weight is 490 g/mol. The highest BCUT2D eigenvalue weighted by Crippen LogP contribution is 2.30. The van der Waals surface area contributed by atoms with E-state index in [1.165, 1.54) is 22.5 Å². The van der Waals surface area contributed by atoms with Crippen LogP contribution in [-0.2, 0) is 16.6 Å². The third-order valence-corrected chi connectivity index (χ3v) is 7.69. The lowest BCUT2D eigenvalue weighted by Crippen LogP contribution is -2.31. The molecule has 0 bridgehead atoms. The highest BCUT2D eigenvalue weighted by molar-refractivity contribution is 7.92. The fraction of sp³-hybridized carbons (Fsp3) is 0.217. The Labute approximate surface area is 197 Å². The molecule has 1 fully saturated rings. The van der Waals surface area contributed by atoms with Gasteiger partial charge in [0.2, 0.25) is 0 Å². The van der Waals surface area contributed by atoms with Crippen LogP contribution in [0.4, 0.5) is 5.69 Å². The quantitative estimate of drug-likeness (QED) is 0.486. The van der Waals surface area contributed by atoms with Crippen molar-refractivity contribution in [1.29, 1.82) is 0 Å². The summed E-state index contributed by atoms with van der Waals surface area (Å²) in [6.07, 6.45) is 3.90. The second kappa shape index (κ2) is 9.48. The maximum absolute atomic E-state index is 13.5. The molecule has 32 heavy (non-hydrogen) atoms. The monoisotopic (exact) mass is 489 g/mol. The van der Waals surface area contributed by atoms with Crippen LogP contribution in [0.1, 0.15) is 28.9 Å². The van der Waals surface area contributed by atoms with Crippen molar-refractivity contribution in [2.75, 3.05) is 10.8 Å². The van der Waals surface area contributed by atoms with E-state index >= 15 is 0 Å². The van der Waals surface area contributed by atoms with E-state index in [-0.39, 0.29) is 27.4 Å². The molecular formula is C23H21Cl2N3O3S. The summed E-state index contributed by atoms with van der Waals surface area (Å²) in [5.41, 5.74) is 1.45. The number of rotatable bonds is 8. The molecule has 1 aliphatic rings. The van der Waals surface area contributed by atoms with E-state index in [0.717, 1.165) is 12.8 Å². The number of nitrogens with one attached hydrogen (secondary N) is 1. The maximum Gasteiger partial charge on any atom is 0.264 e. The van der Waals surface area contributed by atoms with E-state index in [4.69, 9.17) is 23.2 Å². The van der Waals surface area contributed by atoms with Crippen molar-refractivity contribution >= 4 is 44.8 Å². The number of hydrogen-bond donors (Lipinski definition) is 1. The lowest BCUT2D eigenvalue weighted by atomic mass is 10.2. The molecule has 0 unspecified atom stereocenters. The minimum atomic E-state index is -3.99. The van der Waals surface area contributed by atoms with Crippen LogP contribution in [-0.4, -0.2) is 25.9 Å². The molecular weight excluding hydrogens is 469 g/mol. The van der Waals surface area contributed by atoms with Crippen LogP contribution in [0.15, 0.2) is 71.8 Å². The van der Waals surface area contributed by atoms with Gasteiger partial charge in [-0.3, -0.25) is 14.1 Å². The van der Waals surface area contributed by atoms with E-state index < -0.39 is 10.0 Å². The van der Waals surface area contributed by atoms with Crippen LogP contribution in [0.3, 0.4) is 0 Å². The Balaban J connectivity index is 1.65. The van der Waals surface area contributed by atoms with Gasteiger partial charge in [0, 0.05) is 18.3 Å². The Hall–Kier alpha value is -2.61. The summed E-state index contributed by atoms with van der Waals surface area (Å²) in [5, 5.41) is 3.32. The third kappa shape index (κ3) is 5.23. The molecule has 0 radical (unpaired) electrons. The van der Waals surface area contributed by atoms with Gasteiger partial charge in [-0.2, -0.15) is 0 Å².